The molecule has 0 aliphatic heterocycles. The number of halogens is 1. The van der Waals surface area contributed by atoms with Crippen molar-refractivity contribution in [1.29, 1.82) is 0 Å². The van der Waals surface area contributed by atoms with Gasteiger partial charge in [0.1, 0.15) is 11.6 Å². The van der Waals surface area contributed by atoms with Gasteiger partial charge < -0.3 is 9.84 Å². The fourth-order valence-electron chi connectivity index (χ4n) is 3.40. The van der Waals surface area contributed by atoms with Crippen molar-refractivity contribution in [3.8, 4) is 17.6 Å². The van der Waals surface area contributed by atoms with E-state index < -0.39 is 21.8 Å². The van der Waals surface area contributed by atoms with Crippen LogP contribution in [-0.2, 0) is 10.0 Å². The molecular weight excluding hydrogens is 457 g/mol. The topological polar surface area (TPSA) is 92.7 Å². The molecule has 34 heavy (non-hydrogen) atoms. The molecule has 0 spiro atoms. The second-order valence-electron chi connectivity index (χ2n) is 7.24. The number of carbonyl (C=O) groups is 1. The number of carboxylic acid groups (broad SMARTS) is 1. The average molecular weight is 475 g/mol. The van der Waals surface area contributed by atoms with Crippen LogP contribution in [0.3, 0.4) is 0 Å². The molecule has 2 N–H and O–H groups in total. The molecule has 8 heteroatoms. The van der Waals surface area contributed by atoms with Crippen molar-refractivity contribution in [1.82, 2.24) is 0 Å². The van der Waals surface area contributed by atoms with Gasteiger partial charge in [-0.25, -0.2) is 17.6 Å². The zero-order chi connectivity index (χ0) is 24.3. The van der Waals surface area contributed by atoms with Crippen LogP contribution in [0, 0.1) is 17.7 Å². The molecule has 0 aliphatic rings. The van der Waals surface area contributed by atoms with Crippen LogP contribution in [-0.4, -0.2) is 26.6 Å². The molecule has 0 unspecified atom stereocenters. The molecule has 0 amide bonds. The summed E-state index contributed by atoms with van der Waals surface area (Å²) >= 11 is 0. The van der Waals surface area contributed by atoms with Crippen molar-refractivity contribution in [3.05, 3.63) is 101 Å². The SMILES string of the molecule is COc1ccc(S(=O)(=O)Nc2ccc(F)cc2C#Cc2ccc(C(=O)O)cc2)c2ccccc12. The molecule has 0 heterocycles. The van der Waals surface area contributed by atoms with E-state index in [1.54, 1.807) is 30.3 Å². The van der Waals surface area contributed by atoms with Gasteiger partial charge in [-0.2, -0.15) is 0 Å². The molecule has 0 saturated carbocycles. The van der Waals surface area contributed by atoms with E-state index >= 15 is 0 Å². The zero-order valence-electron chi connectivity index (χ0n) is 17.9. The van der Waals surface area contributed by atoms with E-state index in [0.29, 0.717) is 22.1 Å². The largest absolute Gasteiger partial charge is 0.496 e. The van der Waals surface area contributed by atoms with E-state index in [-0.39, 0.29) is 21.7 Å². The quantitative estimate of drug-likeness (QED) is 0.401. The molecule has 4 aromatic carbocycles. The second kappa shape index (κ2) is 9.25. The van der Waals surface area contributed by atoms with Crippen molar-refractivity contribution in [2.45, 2.75) is 4.90 Å². The number of ether oxygens (including phenoxy) is 1. The number of rotatable bonds is 5. The number of carboxylic acids is 1. The Kier molecular flexibility index (Phi) is 6.21. The summed E-state index contributed by atoms with van der Waals surface area (Å²) in [6.07, 6.45) is 0. The Morgan fingerprint density at radius 1 is 0.941 bits per heavy atom. The Balaban J connectivity index is 1.72. The fraction of sp³-hybridized carbons (Fsp3) is 0.0385. The van der Waals surface area contributed by atoms with Crippen molar-refractivity contribution >= 4 is 32.5 Å². The minimum atomic E-state index is -4.06. The molecular formula is C26H18FNO5S. The van der Waals surface area contributed by atoms with Crippen LogP contribution in [0.25, 0.3) is 10.8 Å². The van der Waals surface area contributed by atoms with Crippen LogP contribution in [0.4, 0.5) is 10.1 Å². The smallest absolute Gasteiger partial charge is 0.335 e. The maximum atomic E-state index is 13.9. The average Bonchev–Trinajstić information content (AvgIpc) is 2.83. The Labute approximate surface area is 195 Å². The van der Waals surface area contributed by atoms with Crippen LogP contribution in [0.15, 0.2) is 83.8 Å². The first-order valence-electron chi connectivity index (χ1n) is 10.0. The van der Waals surface area contributed by atoms with Gasteiger partial charge in [0.2, 0.25) is 0 Å². The summed E-state index contributed by atoms with van der Waals surface area (Å²) < 4.78 is 48.3. The van der Waals surface area contributed by atoms with Gasteiger partial charge in [0, 0.05) is 16.3 Å². The fourth-order valence-corrected chi connectivity index (χ4v) is 4.69. The molecule has 0 fully saturated rings. The second-order valence-corrected chi connectivity index (χ2v) is 8.89. The Hall–Kier alpha value is -4.35. The molecule has 0 aromatic heterocycles. The summed E-state index contributed by atoms with van der Waals surface area (Å²) in [4.78, 5) is 11.0. The highest BCUT2D eigenvalue weighted by atomic mass is 32.2. The predicted molar refractivity (Wildman–Crippen MR) is 127 cm³/mol. The van der Waals surface area contributed by atoms with E-state index in [2.05, 4.69) is 16.6 Å². The molecule has 0 radical (unpaired) electrons. The maximum Gasteiger partial charge on any atom is 0.335 e. The highest BCUT2D eigenvalue weighted by Gasteiger charge is 2.20. The lowest BCUT2D eigenvalue weighted by Crippen LogP contribution is -2.14. The molecule has 0 bridgehead atoms. The first-order chi connectivity index (χ1) is 16.3. The van der Waals surface area contributed by atoms with Crippen molar-refractivity contribution < 1.29 is 27.4 Å². The van der Waals surface area contributed by atoms with Gasteiger partial charge in [0.15, 0.2) is 0 Å². The highest BCUT2D eigenvalue weighted by molar-refractivity contribution is 7.93. The van der Waals surface area contributed by atoms with Crippen molar-refractivity contribution in [2.75, 3.05) is 11.8 Å². The van der Waals surface area contributed by atoms with Gasteiger partial charge in [0.25, 0.3) is 10.0 Å². The monoisotopic (exact) mass is 475 g/mol. The molecule has 4 rings (SSSR count). The summed E-state index contributed by atoms with van der Waals surface area (Å²) in [7, 11) is -2.55. The van der Waals surface area contributed by atoms with Crippen LogP contribution >= 0.6 is 0 Å². The van der Waals surface area contributed by atoms with Crippen LogP contribution < -0.4 is 9.46 Å². The number of anilines is 1. The molecule has 170 valence electrons. The number of nitrogens with one attached hydrogen (secondary N) is 1. The number of hydrogen-bond donors (Lipinski definition) is 2. The van der Waals surface area contributed by atoms with E-state index in [0.717, 1.165) is 12.1 Å². The number of methoxy groups -OCH3 is 1. The summed E-state index contributed by atoms with van der Waals surface area (Å²) in [6, 6.07) is 19.4. The number of benzene rings is 4. The summed E-state index contributed by atoms with van der Waals surface area (Å²) in [5, 5.41) is 10.1. The van der Waals surface area contributed by atoms with Gasteiger partial charge in [-0.1, -0.05) is 36.1 Å². The van der Waals surface area contributed by atoms with E-state index in [9.17, 15) is 17.6 Å². The van der Waals surface area contributed by atoms with Crippen molar-refractivity contribution in [3.63, 3.8) is 0 Å². The van der Waals surface area contributed by atoms with Gasteiger partial charge in [0.05, 0.1) is 28.8 Å². The first kappa shape index (κ1) is 22.8. The third kappa shape index (κ3) is 4.70. The summed E-state index contributed by atoms with van der Waals surface area (Å²) in [5.74, 6) is 4.46. The standard InChI is InChI=1S/C26H18FNO5S/c1-33-24-14-15-25(22-5-3-2-4-21(22)24)34(31,32)28-23-13-12-20(27)16-19(23)11-8-17-6-9-18(10-7-17)26(29)30/h2-7,9-10,12-16,28H,1H3,(H,29,30). The van der Waals surface area contributed by atoms with Gasteiger partial charge in [-0.05, 0) is 54.6 Å². The lowest BCUT2D eigenvalue weighted by molar-refractivity contribution is 0.0697. The minimum absolute atomic E-state index is 0.0383. The predicted octanol–water partition coefficient (Wildman–Crippen LogP) is 4.89. The number of sulfonamides is 1. The molecule has 0 atom stereocenters. The zero-order valence-corrected chi connectivity index (χ0v) is 18.7. The summed E-state index contributed by atoms with van der Waals surface area (Å²) in [6.45, 7) is 0. The van der Waals surface area contributed by atoms with E-state index in [1.807, 2.05) is 0 Å². The van der Waals surface area contributed by atoms with Crippen LogP contribution in [0.1, 0.15) is 21.5 Å². The minimum Gasteiger partial charge on any atom is -0.496 e. The van der Waals surface area contributed by atoms with Gasteiger partial charge in [-0.15, -0.1) is 0 Å². The van der Waals surface area contributed by atoms with Crippen molar-refractivity contribution in [2.24, 2.45) is 0 Å². The molecule has 0 saturated heterocycles. The number of fused-ring (bicyclic) bond motifs is 1. The Bertz CT molecular complexity index is 1570. The summed E-state index contributed by atoms with van der Waals surface area (Å²) in [5.41, 5.74) is 0.834. The third-order valence-electron chi connectivity index (χ3n) is 5.05. The Morgan fingerprint density at radius 2 is 1.65 bits per heavy atom. The van der Waals surface area contributed by atoms with Gasteiger partial charge >= 0.3 is 5.97 Å². The normalized spacial score (nSPS) is 10.9. The lowest BCUT2D eigenvalue weighted by atomic mass is 10.1. The van der Waals surface area contributed by atoms with Gasteiger partial charge in [-0.3, -0.25) is 4.72 Å². The Morgan fingerprint density at radius 3 is 2.32 bits per heavy atom. The number of hydrogen-bond acceptors (Lipinski definition) is 4. The molecule has 4 aromatic rings. The first-order valence-corrected chi connectivity index (χ1v) is 11.5. The molecule has 0 aliphatic carbocycles. The van der Waals surface area contributed by atoms with Crippen LogP contribution in [0.5, 0.6) is 5.75 Å². The lowest BCUT2D eigenvalue weighted by Gasteiger charge is -2.13. The third-order valence-corrected chi connectivity index (χ3v) is 6.48. The van der Waals surface area contributed by atoms with E-state index in [4.69, 9.17) is 9.84 Å². The van der Waals surface area contributed by atoms with E-state index in [1.165, 1.54) is 43.5 Å². The highest BCUT2D eigenvalue weighted by Crippen LogP contribution is 2.32. The van der Waals surface area contributed by atoms with Crippen LogP contribution in [0.2, 0.25) is 0 Å². The molecule has 6 nitrogen and oxygen atoms in total. The maximum absolute atomic E-state index is 13.9. The number of aromatic carboxylic acids is 1.